The number of hydrogen-bond donors (Lipinski definition) is 3. The molecule has 0 aromatic carbocycles. The summed E-state index contributed by atoms with van der Waals surface area (Å²) in [6.45, 7) is 7.19. The standard InChI is InChI=1S/3C4H10O.O.V/c3*1-2-3-4-5;;/h3*5H,2-4H2,1H3;;. The third-order valence-corrected chi connectivity index (χ3v) is 1.54. The van der Waals surface area contributed by atoms with Crippen LogP contribution in [0.1, 0.15) is 59.3 Å². The van der Waals surface area contributed by atoms with Gasteiger partial charge in [-0.25, -0.2) is 0 Å². The second kappa shape index (κ2) is 44.2. The Kier molecular flexibility index (Phi) is 67.4. The summed E-state index contributed by atoms with van der Waals surface area (Å²) in [4.78, 5) is 0. The van der Waals surface area contributed by atoms with Crippen molar-refractivity contribution < 1.29 is 36.4 Å². The first-order valence-electron chi connectivity index (χ1n) is 6.25. The van der Waals surface area contributed by atoms with E-state index in [0.29, 0.717) is 19.8 Å². The summed E-state index contributed by atoms with van der Waals surface area (Å²) in [5, 5.41) is 24.2. The second-order valence-electron chi connectivity index (χ2n) is 3.23. The van der Waals surface area contributed by atoms with Crippen molar-refractivity contribution in [3.8, 4) is 0 Å². The zero-order valence-electron chi connectivity index (χ0n) is 11.6. The van der Waals surface area contributed by atoms with Gasteiger partial charge in [-0.1, -0.05) is 40.0 Å². The number of rotatable bonds is 6. The SMILES string of the molecule is CCCCO.CCCCO.CCCCO.[O]=[V]. The Morgan fingerprint density at radius 2 is 0.824 bits per heavy atom. The zero-order chi connectivity index (χ0) is 14.4. The van der Waals surface area contributed by atoms with Gasteiger partial charge in [0.15, 0.2) is 0 Å². The fourth-order valence-electron chi connectivity index (χ4n) is 0.474. The molecule has 0 aromatic rings. The maximum absolute atomic E-state index is 8.19. The van der Waals surface area contributed by atoms with Crippen molar-refractivity contribution in [1.29, 1.82) is 0 Å². The number of unbranched alkanes of at least 4 members (excludes halogenated alkanes) is 3. The molecule has 0 rings (SSSR count). The first-order chi connectivity index (χ1) is 8.24. The molecule has 0 amide bonds. The van der Waals surface area contributed by atoms with E-state index in [0.717, 1.165) is 55.9 Å². The molecule has 0 saturated heterocycles. The molecule has 5 heteroatoms. The average molecular weight is 289 g/mol. The van der Waals surface area contributed by atoms with Gasteiger partial charge in [-0.15, -0.1) is 0 Å². The molecule has 4 nitrogen and oxygen atoms in total. The van der Waals surface area contributed by atoms with Crippen LogP contribution in [0.15, 0.2) is 0 Å². The predicted octanol–water partition coefficient (Wildman–Crippen LogP) is 2.22. The summed E-state index contributed by atoms with van der Waals surface area (Å²) in [5.41, 5.74) is 0. The summed E-state index contributed by atoms with van der Waals surface area (Å²) in [5.74, 6) is 0. The van der Waals surface area contributed by atoms with E-state index in [1.54, 1.807) is 0 Å². The van der Waals surface area contributed by atoms with Crippen LogP contribution in [0.5, 0.6) is 0 Å². The molecular formula is C12H30O4V. The second-order valence-corrected chi connectivity index (χ2v) is 3.23. The van der Waals surface area contributed by atoms with Gasteiger partial charge in [0.1, 0.15) is 0 Å². The van der Waals surface area contributed by atoms with Crippen LogP contribution in [0.3, 0.4) is 0 Å². The Labute approximate surface area is 116 Å². The van der Waals surface area contributed by atoms with E-state index in [2.05, 4.69) is 20.8 Å². The number of aliphatic hydroxyl groups excluding tert-OH is 3. The van der Waals surface area contributed by atoms with E-state index in [9.17, 15) is 0 Å². The first kappa shape index (κ1) is 26.0. The van der Waals surface area contributed by atoms with Gasteiger partial charge in [0, 0.05) is 19.8 Å². The molecule has 17 heavy (non-hydrogen) atoms. The van der Waals surface area contributed by atoms with E-state index in [1.807, 2.05) is 0 Å². The van der Waals surface area contributed by atoms with Crippen molar-refractivity contribution in [3.05, 3.63) is 0 Å². The zero-order valence-corrected chi connectivity index (χ0v) is 13.0. The summed E-state index contributed by atoms with van der Waals surface area (Å²) in [6, 6.07) is 0. The van der Waals surface area contributed by atoms with Crippen LogP contribution in [0.2, 0.25) is 0 Å². The van der Waals surface area contributed by atoms with Gasteiger partial charge in [-0.3, -0.25) is 0 Å². The fourth-order valence-corrected chi connectivity index (χ4v) is 0.474. The van der Waals surface area contributed by atoms with E-state index >= 15 is 0 Å². The Hall–Kier alpha value is 0.264. The Morgan fingerprint density at radius 3 is 0.824 bits per heavy atom. The van der Waals surface area contributed by atoms with Crippen molar-refractivity contribution in [3.63, 3.8) is 0 Å². The molecule has 3 N–H and O–H groups in total. The van der Waals surface area contributed by atoms with Gasteiger partial charge in [-0.05, 0) is 19.3 Å². The molecule has 0 aromatic heterocycles. The normalized spacial score (nSPS) is 7.59. The van der Waals surface area contributed by atoms with E-state index < -0.39 is 0 Å². The van der Waals surface area contributed by atoms with Crippen LogP contribution in [0.25, 0.3) is 0 Å². The molecule has 0 fully saturated rings. The minimum atomic E-state index is 0.344. The molecule has 0 unspecified atom stereocenters. The van der Waals surface area contributed by atoms with Gasteiger partial charge < -0.3 is 15.3 Å². The molecule has 0 bridgehead atoms. The predicted molar refractivity (Wildman–Crippen MR) is 66.7 cm³/mol. The van der Waals surface area contributed by atoms with Crippen molar-refractivity contribution >= 4 is 0 Å². The fraction of sp³-hybridized carbons (Fsp3) is 1.00. The molecule has 0 aliphatic rings. The summed E-state index contributed by atoms with van der Waals surface area (Å²) in [7, 11) is 0. The van der Waals surface area contributed by atoms with Gasteiger partial charge >= 0.3 is 21.0 Å². The van der Waals surface area contributed by atoms with E-state index in [1.165, 1.54) is 0 Å². The molecule has 0 radical (unpaired) electrons. The average Bonchev–Trinajstić information content (AvgIpc) is 2.36. The topological polar surface area (TPSA) is 77.8 Å². The molecule has 0 saturated carbocycles. The van der Waals surface area contributed by atoms with Crippen LogP contribution in [0.4, 0.5) is 0 Å². The third kappa shape index (κ3) is 84.3. The van der Waals surface area contributed by atoms with Crippen LogP contribution < -0.4 is 0 Å². The van der Waals surface area contributed by atoms with Crippen LogP contribution >= 0.6 is 0 Å². The number of aliphatic hydroxyl groups is 3. The van der Waals surface area contributed by atoms with E-state index in [4.69, 9.17) is 19.0 Å². The summed E-state index contributed by atoms with van der Waals surface area (Å²) in [6.07, 6.45) is 6.11. The Bertz CT molecular complexity index is 64.6. The van der Waals surface area contributed by atoms with Crippen molar-refractivity contribution in [1.82, 2.24) is 0 Å². The molecular weight excluding hydrogens is 259 g/mol. The quantitative estimate of drug-likeness (QED) is 0.700. The van der Waals surface area contributed by atoms with Gasteiger partial charge in [0.25, 0.3) is 0 Å². The molecule has 0 atom stereocenters. The van der Waals surface area contributed by atoms with Crippen molar-refractivity contribution in [2.45, 2.75) is 59.3 Å². The Balaban J connectivity index is -0.0000000693. The van der Waals surface area contributed by atoms with Crippen LogP contribution in [0, 0.1) is 0 Å². The van der Waals surface area contributed by atoms with Crippen molar-refractivity contribution in [2.75, 3.05) is 19.8 Å². The van der Waals surface area contributed by atoms with Gasteiger partial charge in [-0.2, -0.15) is 0 Å². The van der Waals surface area contributed by atoms with Crippen LogP contribution in [-0.4, -0.2) is 35.1 Å². The van der Waals surface area contributed by atoms with Gasteiger partial charge in [0.2, 0.25) is 0 Å². The monoisotopic (exact) mass is 289 g/mol. The minimum absolute atomic E-state index is 0.344. The third-order valence-electron chi connectivity index (χ3n) is 1.54. The first-order valence-corrected chi connectivity index (χ1v) is 6.82. The van der Waals surface area contributed by atoms with Crippen LogP contribution in [-0.2, 0) is 21.0 Å². The molecule has 0 aliphatic heterocycles. The van der Waals surface area contributed by atoms with Gasteiger partial charge in [0.05, 0.1) is 0 Å². The summed E-state index contributed by atoms with van der Waals surface area (Å²) < 4.78 is 8.19. The van der Waals surface area contributed by atoms with Crippen molar-refractivity contribution in [2.24, 2.45) is 0 Å². The molecule has 107 valence electrons. The maximum atomic E-state index is 8.19. The molecule has 0 aliphatic carbocycles. The Morgan fingerprint density at radius 1 is 0.647 bits per heavy atom. The summed E-state index contributed by atoms with van der Waals surface area (Å²) >= 11 is 1.06. The molecule has 0 spiro atoms. The van der Waals surface area contributed by atoms with E-state index in [-0.39, 0.29) is 0 Å². The molecule has 0 heterocycles. The number of hydrogen-bond acceptors (Lipinski definition) is 4.